The van der Waals surface area contributed by atoms with Crippen LogP contribution in [0.4, 0.5) is 20.8 Å². The fraction of sp³-hybridized carbons (Fsp3) is 0.0500. The summed E-state index contributed by atoms with van der Waals surface area (Å²) in [5.41, 5.74) is 11.2. The smallest absolute Gasteiger partial charge is 0.123 e. The van der Waals surface area contributed by atoms with Crippen molar-refractivity contribution in [1.82, 2.24) is 4.98 Å². The predicted octanol–water partition coefficient (Wildman–Crippen LogP) is 5.74. The molecule has 0 saturated heterocycles. The van der Waals surface area contributed by atoms with Crippen LogP contribution in [0.15, 0.2) is 60.8 Å². The van der Waals surface area contributed by atoms with Gasteiger partial charge in [0.05, 0.1) is 5.69 Å². The Morgan fingerprint density at radius 1 is 1.08 bits per heavy atom. The molecule has 0 fully saturated rings. The van der Waals surface area contributed by atoms with E-state index in [1.54, 1.807) is 23.5 Å². The van der Waals surface area contributed by atoms with Gasteiger partial charge in [0, 0.05) is 27.7 Å². The summed E-state index contributed by atoms with van der Waals surface area (Å²) in [6.07, 6.45) is 1.82. The van der Waals surface area contributed by atoms with Crippen LogP contribution in [0.1, 0.15) is 5.69 Å². The molecule has 4 rings (SSSR count). The van der Waals surface area contributed by atoms with E-state index in [4.69, 9.17) is 5.73 Å². The van der Waals surface area contributed by atoms with E-state index in [1.165, 1.54) is 12.1 Å². The maximum absolute atomic E-state index is 13.1. The van der Waals surface area contributed by atoms with Gasteiger partial charge in [0.25, 0.3) is 0 Å². The number of nitrogens with zero attached hydrogens (tertiary/aromatic N) is 1. The van der Waals surface area contributed by atoms with Gasteiger partial charge >= 0.3 is 0 Å². The summed E-state index contributed by atoms with van der Waals surface area (Å²) in [5, 5.41) is 5.08. The average Bonchev–Trinajstić information content (AvgIpc) is 2.92. The number of hydrogen-bond donors (Lipinski definition) is 2. The molecule has 25 heavy (non-hydrogen) atoms. The van der Waals surface area contributed by atoms with Crippen molar-refractivity contribution in [2.24, 2.45) is 0 Å². The van der Waals surface area contributed by atoms with Crippen molar-refractivity contribution in [1.29, 1.82) is 0 Å². The van der Waals surface area contributed by atoms with Crippen LogP contribution in [0.2, 0.25) is 0 Å². The second-order valence-corrected chi connectivity index (χ2v) is 6.89. The molecule has 0 aliphatic rings. The first-order chi connectivity index (χ1) is 12.1. The van der Waals surface area contributed by atoms with Crippen LogP contribution in [-0.4, -0.2) is 4.98 Å². The predicted molar refractivity (Wildman–Crippen MR) is 104 cm³/mol. The Morgan fingerprint density at radius 3 is 2.64 bits per heavy atom. The number of halogens is 1. The van der Waals surface area contributed by atoms with E-state index in [0.29, 0.717) is 5.00 Å². The van der Waals surface area contributed by atoms with Crippen molar-refractivity contribution >= 4 is 37.8 Å². The van der Waals surface area contributed by atoms with E-state index >= 15 is 0 Å². The highest BCUT2D eigenvalue weighted by atomic mass is 32.1. The van der Waals surface area contributed by atoms with E-state index < -0.39 is 0 Å². The highest BCUT2D eigenvalue weighted by Crippen LogP contribution is 2.44. The number of anilines is 3. The lowest BCUT2D eigenvalue weighted by atomic mass is 10.0. The fourth-order valence-corrected chi connectivity index (χ4v) is 3.94. The Labute approximate surface area is 149 Å². The number of fused-ring (bicyclic) bond motifs is 1. The minimum absolute atomic E-state index is 0.260. The Balaban J connectivity index is 1.83. The molecule has 0 spiro atoms. The van der Waals surface area contributed by atoms with E-state index in [-0.39, 0.29) is 5.82 Å². The van der Waals surface area contributed by atoms with Gasteiger partial charge in [-0.25, -0.2) is 4.39 Å². The molecular weight excluding hydrogens is 333 g/mol. The van der Waals surface area contributed by atoms with Gasteiger partial charge in [0.15, 0.2) is 0 Å². The van der Waals surface area contributed by atoms with Gasteiger partial charge in [-0.1, -0.05) is 18.2 Å². The topological polar surface area (TPSA) is 50.9 Å². The number of nitrogens with one attached hydrogen (secondary N) is 1. The molecule has 2 aromatic heterocycles. The summed E-state index contributed by atoms with van der Waals surface area (Å²) in [6, 6.07) is 16.5. The van der Waals surface area contributed by atoms with Crippen LogP contribution in [0.3, 0.4) is 0 Å². The molecule has 0 aliphatic heterocycles. The third-order valence-electron chi connectivity index (χ3n) is 4.06. The van der Waals surface area contributed by atoms with E-state index in [0.717, 1.165) is 38.3 Å². The van der Waals surface area contributed by atoms with Crippen molar-refractivity contribution in [2.75, 3.05) is 11.1 Å². The molecule has 0 unspecified atom stereocenters. The number of thiophene rings is 1. The summed E-state index contributed by atoms with van der Waals surface area (Å²) in [7, 11) is 0. The molecule has 0 aliphatic carbocycles. The first kappa shape index (κ1) is 15.6. The molecule has 4 aromatic rings. The highest BCUT2D eigenvalue weighted by molar-refractivity contribution is 7.24. The molecular formula is C20H16FN3S. The number of nitrogen functional groups attached to an aromatic ring is 1. The molecule has 5 heteroatoms. The minimum atomic E-state index is -0.260. The van der Waals surface area contributed by atoms with E-state index in [1.807, 2.05) is 31.3 Å². The van der Waals surface area contributed by atoms with Gasteiger partial charge in [-0.2, -0.15) is 0 Å². The second kappa shape index (κ2) is 6.18. The molecule has 0 radical (unpaired) electrons. The largest absolute Gasteiger partial charge is 0.389 e. The number of pyridine rings is 1. The normalized spacial score (nSPS) is 11.0. The van der Waals surface area contributed by atoms with Crippen molar-refractivity contribution in [3.63, 3.8) is 0 Å². The minimum Gasteiger partial charge on any atom is -0.389 e. The number of aryl methyl sites for hydroxylation is 1. The number of benzene rings is 2. The molecule has 2 heterocycles. The highest BCUT2D eigenvalue weighted by Gasteiger charge is 2.14. The molecule has 0 atom stereocenters. The van der Waals surface area contributed by atoms with Gasteiger partial charge < -0.3 is 11.1 Å². The fourth-order valence-electron chi connectivity index (χ4n) is 2.88. The summed E-state index contributed by atoms with van der Waals surface area (Å²) < 4.78 is 14.2. The summed E-state index contributed by atoms with van der Waals surface area (Å²) in [5.74, 6) is -0.260. The lowest BCUT2D eigenvalue weighted by Gasteiger charge is -2.08. The second-order valence-electron chi connectivity index (χ2n) is 5.84. The van der Waals surface area contributed by atoms with Crippen LogP contribution < -0.4 is 11.1 Å². The molecule has 3 nitrogen and oxygen atoms in total. The van der Waals surface area contributed by atoms with Crippen LogP contribution in [0.5, 0.6) is 0 Å². The van der Waals surface area contributed by atoms with Crippen LogP contribution in [-0.2, 0) is 0 Å². The first-order valence-corrected chi connectivity index (χ1v) is 8.70. The van der Waals surface area contributed by atoms with Crippen LogP contribution in [0.25, 0.3) is 21.2 Å². The Bertz CT molecular complexity index is 1050. The van der Waals surface area contributed by atoms with Gasteiger partial charge in [0.1, 0.15) is 10.8 Å². The Hall–Kier alpha value is -2.92. The molecule has 124 valence electrons. The number of hydrogen-bond acceptors (Lipinski definition) is 4. The summed E-state index contributed by atoms with van der Waals surface area (Å²) in [4.78, 5) is 4.27. The maximum atomic E-state index is 13.1. The Morgan fingerprint density at radius 2 is 1.88 bits per heavy atom. The van der Waals surface area contributed by atoms with Gasteiger partial charge in [0.2, 0.25) is 0 Å². The van der Waals surface area contributed by atoms with Crippen LogP contribution in [0, 0.1) is 12.7 Å². The van der Waals surface area contributed by atoms with Crippen LogP contribution >= 0.6 is 11.3 Å². The first-order valence-electron chi connectivity index (χ1n) is 7.88. The maximum Gasteiger partial charge on any atom is 0.123 e. The molecule has 0 saturated carbocycles. The van der Waals surface area contributed by atoms with Gasteiger partial charge in [-0.3, -0.25) is 4.98 Å². The zero-order valence-corrected chi connectivity index (χ0v) is 14.4. The Kier molecular flexibility index (Phi) is 3.86. The third kappa shape index (κ3) is 2.94. The quantitative estimate of drug-likeness (QED) is 0.496. The standard InChI is InChI=1S/C20H16FN3S/c1-12-11-13(9-10-23-12)16-3-2-4-17-18(20(22)25-19(16)17)24-15-7-5-14(21)6-8-15/h2-11,24H,22H2,1H3. The third-order valence-corrected chi connectivity index (χ3v) is 5.13. The summed E-state index contributed by atoms with van der Waals surface area (Å²) >= 11 is 1.55. The molecule has 2 aromatic carbocycles. The van der Waals surface area contributed by atoms with Gasteiger partial charge in [-0.05, 0) is 54.4 Å². The molecule has 3 N–H and O–H groups in total. The van der Waals surface area contributed by atoms with E-state index in [9.17, 15) is 4.39 Å². The van der Waals surface area contributed by atoms with E-state index in [2.05, 4.69) is 22.4 Å². The monoisotopic (exact) mass is 349 g/mol. The SMILES string of the molecule is Cc1cc(-c2cccc3c(Nc4ccc(F)cc4)c(N)sc23)ccn1. The number of aromatic nitrogens is 1. The van der Waals surface area contributed by atoms with Crippen molar-refractivity contribution in [3.05, 3.63) is 72.3 Å². The van der Waals surface area contributed by atoms with Crippen molar-refractivity contribution < 1.29 is 4.39 Å². The van der Waals surface area contributed by atoms with Crippen molar-refractivity contribution in [3.8, 4) is 11.1 Å². The summed E-state index contributed by atoms with van der Waals surface area (Å²) in [6.45, 7) is 1.98. The molecule has 0 bridgehead atoms. The number of nitrogens with two attached hydrogens (primary N) is 1. The average molecular weight is 349 g/mol. The molecule has 0 amide bonds. The van der Waals surface area contributed by atoms with Crippen molar-refractivity contribution in [2.45, 2.75) is 6.92 Å². The lowest BCUT2D eigenvalue weighted by Crippen LogP contribution is -1.93. The zero-order chi connectivity index (χ0) is 17.4. The zero-order valence-electron chi connectivity index (χ0n) is 13.6. The number of rotatable bonds is 3. The lowest BCUT2D eigenvalue weighted by molar-refractivity contribution is 0.628. The van der Waals surface area contributed by atoms with Gasteiger partial charge in [-0.15, -0.1) is 11.3 Å².